The molecule has 0 fully saturated rings. The lowest BCUT2D eigenvalue weighted by atomic mass is 10.1. The van der Waals surface area contributed by atoms with Crippen LogP contribution in [0.5, 0.6) is 0 Å². The predicted octanol–water partition coefficient (Wildman–Crippen LogP) is 3.69. The molecule has 1 rings (SSSR count). The van der Waals surface area contributed by atoms with Crippen molar-refractivity contribution in [2.45, 2.75) is 26.4 Å². The van der Waals surface area contributed by atoms with Gasteiger partial charge in [0.1, 0.15) is 5.60 Å². The summed E-state index contributed by atoms with van der Waals surface area (Å²) in [6, 6.07) is 6.92. The lowest BCUT2D eigenvalue weighted by Gasteiger charge is -2.20. The number of hydrogen-bond acceptors (Lipinski definition) is 2. The van der Waals surface area contributed by atoms with Crippen LogP contribution in [0.1, 0.15) is 26.3 Å². The lowest BCUT2D eigenvalue weighted by molar-refractivity contribution is -0.147. The Hall–Kier alpha value is -1.28. The Morgan fingerprint density at radius 3 is 2.19 bits per heavy atom. The monoisotopic (exact) mass is 238 g/mol. The van der Waals surface area contributed by atoms with Crippen LogP contribution in [0.25, 0.3) is 5.57 Å². The molecule has 3 heteroatoms. The fourth-order valence-corrected chi connectivity index (χ4v) is 1.23. The molecule has 0 radical (unpaired) electrons. The second kappa shape index (κ2) is 4.71. The van der Waals surface area contributed by atoms with Gasteiger partial charge in [0.25, 0.3) is 0 Å². The Bertz CT molecular complexity index is 399. The number of halogens is 1. The van der Waals surface area contributed by atoms with Gasteiger partial charge in [-0.3, -0.25) is 0 Å². The van der Waals surface area contributed by atoms with Crippen molar-refractivity contribution in [3.05, 3.63) is 41.4 Å². The van der Waals surface area contributed by atoms with Crippen LogP contribution in [-0.4, -0.2) is 11.6 Å². The molecule has 16 heavy (non-hydrogen) atoms. The van der Waals surface area contributed by atoms with Crippen LogP contribution in [-0.2, 0) is 9.53 Å². The van der Waals surface area contributed by atoms with Gasteiger partial charge in [0, 0.05) is 5.02 Å². The Morgan fingerprint density at radius 1 is 1.25 bits per heavy atom. The van der Waals surface area contributed by atoms with Crippen LogP contribution in [0.2, 0.25) is 5.02 Å². The first-order valence-electron chi connectivity index (χ1n) is 4.98. The van der Waals surface area contributed by atoms with E-state index in [4.69, 9.17) is 16.3 Å². The third-order valence-electron chi connectivity index (χ3n) is 1.84. The molecular weight excluding hydrogens is 224 g/mol. The number of esters is 1. The van der Waals surface area contributed by atoms with E-state index in [-0.39, 0.29) is 0 Å². The molecule has 0 aromatic heterocycles. The molecular formula is C13H15ClO2. The maximum absolute atomic E-state index is 11.7. The van der Waals surface area contributed by atoms with Gasteiger partial charge in [0.05, 0.1) is 5.57 Å². The fraction of sp³-hybridized carbons (Fsp3) is 0.308. The molecule has 0 N–H and O–H groups in total. The molecule has 0 spiro atoms. The van der Waals surface area contributed by atoms with Gasteiger partial charge in [-0.25, -0.2) is 4.79 Å². The van der Waals surface area contributed by atoms with E-state index in [1.165, 1.54) is 0 Å². The van der Waals surface area contributed by atoms with Gasteiger partial charge in [0.2, 0.25) is 0 Å². The van der Waals surface area contributed by atoms with Crippen LogP contribution in [0, 0.1) is 0 Å². The zero-order valence-corrected chi connectivity index (χ0v) is 10.5. The summed E-state index contributed by atoms with van der Waals surface area (Å²) in [6.45, 7) is 9.18. The molecule has 0 saturated carbocycles. The highest BCUT2D eigenvalue weighted by molar-refractivity contribution is 6.30. The summed E-state index contributed by atoms with van der Waals surface area (Å²) in [4.78, 5) is 11.7. The predicted molar refractivity (Wildman–Crippen MR) is 66.3 cm³/mol. The minimum absolute atomic E-state index is 0.339. The highest BCUT2D eigenvalue weighted by Crippen LogP contribution is 2.19. The molecule has 1 aromatic rings. The smallest absolute Gasteiger partial charge is 0.338 e. The lowest BCUT2D eigenvalue weighted by Crippen LogP contribution is -2.24. The Kier molecular flexibility index (Phi) is 3.76. The van der Waals surface area contributed by atoms with E-state index >= 15 is 0 Å². The van der Waals surface area contributed by atoms with Crippen molar-refractivity contribution in [1.82, 2.24) is 0 Å². The number of benzene rings is 1. The summed E-state index contributed by atoms with van der Waals surface area (Å²) in [5, 5.41) is 0.626. The van der Waals surface area contributed by atoms with Crippen LogP contribution >= 0.6 is 11.6 Å². The van der Waals surface area contributed by atoms with Crippen molar-refractivity contribution in [2.75, 3.05) is 0 Å². The van der Waals surface area contributed by atoms with Crippen LogP contribution in [0.15, 0.2) is 30.8 Å². The molecule has 86 valence electrons. The molecule has 0 bridgehead atoms. The van der Waals surface area contributed by atoms with Crippen molar-refractivity contribution < 1.29 is 9.53 Å². The van der Waals surface area contributed by atoms with Crippen molar-refractivity contribution in [3.63, 3.8) is 0 Å². The number of hydrogen-bond donors (Lipinski definition) is 0. The minimum Gasteiger partial charge on any atom is -0.456 e. The zero-order valence-electron chi connectivity index (χ0n) is 9.71. The second-order valence-electron chi connectivity index (χ2n) is 4.49. The third kappa shape index (κ3) is 3.70. The molecule has 0 heterocycles. The van der Waals surface area contributed by atoms with Gasteiger partial charge in [-0.2, -0.15) is 0 Å². The van der Waals surface area contributed by atoms with Crippen molar-refractivity contribution in [2.24, 2.45) is 0 Å². The molecule has 0 aliphatic carbocycles. The Labute approximate surface area is 101 Å². The number of rotatable bonds is 2. The van der Waals surface area contributed by atoms with Crippen molar-refractivity contribution in [3.8, 4) is 0 Å². The SMILES string of the molecule is C=C(C(=O)OC(C)(C)C)c1ccc(Cl)cc1. The normalized spacial score (nSPS) is 11.0. The van der Waals surface area contributed by atoms with Gasteiger partial charge < -0.3 is 4.74 Å². The molecule has 0 aliphatic heterocycles. The number of carbonyl (C=O) groups excluding carboxylic acids is 1. The molecule has 0 amide bonds. The summed E-state index contributed by atoms with van der Waals surface area (Å²) >= 11 is 5.76. The summed E-state index contributed by atoms with van der Waals surface area (Å²) < 4.78 is 5.21. The van der Waals surface area contributed by atoms with E-state index in [1.54, 1.807) is 24.3 Å². The maximum Gasteiger partial charge on any atom is 0.338 e. The standard InChI is InChI=1S/C13H15ClO2/c1-9(12(15)16-13(2,3)4)10-5-7-11(14)8-6-10/h5-8H,1H2,2-4H3. The van der Waals surface area contributed by atoms with Crippen LogP contribution < -0.4 is 0 Å². The van der Waals surface area contributed by atoms with E-state index in [2.05, 4.69) is 6.58 Å². The molecule has 1 aromatic carbocycles. The number of carbonyl (C=O) groups is 1. The second-order valence-corrected chi connectivity index (χ2v) is 4.92. The van der Waals surface area contributed by atoms with E-state index in [1.807, 2.05) is 20.8 Å². The van der Waals surface area contributed by atoms with Gasteiger partial charge in [-0.15, -0.1) is 0 Å². The average molecular weight is 239 g/mol. The van der Waals surface area contributed by atoms with E-state index in [9.17, 15) is 4.79 Å². The molecule has 0 saturated heterocycles. The largest absolute Gasteiger partial charge is 0.456 e. The zero-order chi connectivity index (χ0) is 12.3. The summed E-state index contributed by atoms with van der Waals surface area (Å²) in [5.74, 6) is -0.408. The van der Waals surface area contributed by atoms with Crippen LogP contribution in [0.4, 0.5) is 0 Å². The van der Waals surface area contributed by atoms with E-state index in [0.717, 1.165) is 5.56 Å². The Morgan fingerprint density at radius 2 is 1.75 bits per heavy atom. The molecule has 0 aliphatic rings. The minimum atomic E-state index is -0.507. The van der Waals surface area contributed by atoms with Gasteiger partial charge >= 0.3 is 5.97 Å². The number of ether oxygens (including phenoxy) is 1. The van der Waals surface area contributed by atoms with Crippen molar-refractivity contribution >= 4 is 23.1 Å². The summed E-state index contributed by atoms with van der Waals surface area (Å²) in [6.07, 6.45) is 0. The van der Waals surface area contributed by atoms with Crippen molar-refractivity contribution in [1.29, 1.82) is 0 Å². The van der Waals surface area contributed by atoms with Gasteiger partial charge in [-0.1, -0.05) is 30.3 Å². The average Bonchev–Trinajstić information content (AvgIpc) is 2.15. The van der Waals surface area contributed by atoms with E-state index < -0.39 is 11.6 Å². The summed E-state index contributed by atoms with van der Waals surface area (Å²) in [7, 11) is 0. The van der Waals surface area contributed by atoms with Gasteiger partial charge in [0.15, 0.2) is 0 Å². The molecule has 0 atom stereocenters. The first-order chi connectivity index (χ1) is 7.29. The molecule has 0 unspecified atom stereocenters. The van der Waals surface area contributed by atoms with Crippen LogP contribution in [0.3, 0.4) is 0 Å². The quantitative estimate of drug-likeness (QED) is 0.580. The third-order valence-corrected chi connectivity index (χ3v) is 2.09. The topological polar surface area (TPSA) is 26.3 Å². The highest BCUT2D eigenvalue weighted by atomic mass is 35.5. The summed E-state index contributed by atoms with van der Waals surface area (Å²) in [5.41, 5.74) is 0.553. The first-order valence-corrected chi connectivity index (χ1v) is 5.35. The Balaban J connectivity index is 2.79. The molecule has 2 nitrogen and oxygen atoms in total. The first kappa shape index (κ1) is 12.8. The highest BCUT2D eigenvalue weighted by Gasteiger charge is 2.19. The van der Waals surface area contributed by atoms with Gasteiger partial charge in [-0.05, 0) is 38.5 Å². The fourth-order valence-electron chi connectivity index (χ4n) is 1.11. The maximum atomic E-state index is 11.7. The van der Waals surface area contributed by atoms with E-state index in [0.29, 0.717) is 10.6 Å².